The lowest BCUT2D eigenvalue weighted by Crippen LogP contribution is -2.56. The summed E-state index contributed by atoms with van der Waals surface area (Å²) in [6.45, 7) is 5.45. The molecule has 0 radical (unpaired) electrons. The van der Waals surface area contributed by atoms with Gasteiger partial charge in [-0.3, -0.25) is 9.89 Å². The molecule has 5 nitrogen and oxygen atoms in total. The number of thiophene rings is 1. The van der Waals surface area contributed by atoms with E-state index in [4.69, 9.17) is 11.6 Å². The van der Waals surface area contributed by atoms with Crippen molar-refractivity contribution < 1.29 is 18.3 Å². The van der Waals surface area contributed by atoms with Crippen molar-refractivity contribution in [2.24, 2.45) is 4.99 Å². The Morgan fingerprint density at radius 2 is 2.00 bits per heavy atom. The number of nitrogens with zero attached hydrogens (tertiary/aromatic N) is 3. The number of hydrogen-bond donors (Lipinski definition) is 2. The molecule has 2 atom stereocenters. The Balaban J connectivity index is 1.95. The summed E-state index contributed by atoms with van der Waals surface area (Å²) in [4.78, 5) is 8.54. The minimum absolute atomic E-state index is 0.165. The summed E-state index contributed by atoms with van der Waals surface area (Å²) < 4.78 is 39.2. The molecule has 2 N–H and O–H groups in total. The minimum Gasteiger partial charge on any atom is -0.386 e. The molecule has 2 rings (SSSR count). The number of nitrogens with one attached hydrogen (secondary N) is 1. The molecule has 1 aromatic rings. The highest BCUT2D eigenvalue weighted by Gasteiger charge is 2.41. The van der Waals surface area contributed by atoms with Crippen LogP contribution in [0.4, 0.5) is 13.2 Å². The van der Waals surface area contributed by atoms with Gasteiger partial charge >= 0.3 is 6.18 Å². The zero-order valence-electron chi connectivity index (χ0n) is 14.8. The molecule has 148 valence electrons. The fourth-order valence-electron chi connectivity index (χ4n) is 2.72. The zero-order chi connectivity index (χ0) is 19.3. The van der Waals surface area contributed by atoms with Crippen LogP contribution in [0.2, 0.25) is 4.34 Å². The third-order valence-electron chi connectivity index (χ3n) is 4.31. The van der Waals surface area contributed by atoms with Crippen molar-refractivity contribution >= 4 is 28.9 Å². The summed E-state index contributed by atoms with van der Waals surface area (Å²) in [5, 5.41) is 13.4. The van der Waals surface area contributed by atoms with Crippen LogP contribution >= 0.6 is 22.9 Å². The highest BCUT2D eigenvalue weighted by Crippen LogP contribution is 2.27. The van der Waals surface area contributed by atoms with Gasteiger partial charge in [-0.15, -0.1) is 11.3 Å². The van der Waals surface area contributed by atoms with Gasteiger partial charge in [-0.05, 0) is 26.0 Å². The molecule has 0 aliphatic carbocycles. The standard InChI is InChI=1S/C16H24ClF3N4OS/c1-3-21-15(22-10-12(25)13-4-5-14(17)26-13)24-8-6-23(7-9-24)11(2)16(18,19)20/h4-5,11-12,25H,3,6-10H2,1-2H3,(H,21,22). The molecule has 0 bridgehead atoms. The lowest BCUT2D eigenvalue weighted by Gasteiger charge is -2.39. The van der Waals surface area contributed by atoms with Crippen LogP contribution in [0, 0.1) is 0 Å². The second-order valence-corrected chi connectivity index (χ2v) is 7.84. The predicted molar refractivity (Wildman–Crippen MR) is 98.9 cm³/mol. The van der Waals surface area contributed by atoms with Crippen LogP contribution in [-0.2, 0) is 0 Å². The normalized spacial score (nSPS) is 19.5. The van der Waals surface area contributed by atoms with E-state index in [9.17, 15) is 18.3 Å². The lowest BCUT2D eigenvalue weighted by molar-refractivity contribution is -0.181. The van der Waals surface area contributed by atoms with Crippen LogP contribution in [-0.4, -0.2) is 72.4 Å². The van der Waals surface area contributed by atoms with Gasteiger partial charge in [0.05, 0.1) is 10.9 Å². The Morgan fingerprint density at radius 1 is 1.35 bits per heavy atom. The van der Waals surface area contributed by atoms with Crippen LogP contribution < -0.4 is 5.32 Å². The molecule has 0 spiro atoms. The van der Waals surface area contributed by atoms with E-state index in [-0.39, 0.29) is 6.54 Å². The first-order valence-corrected chi connectivity index (χ1v) is 9.69. The number of piperazine rings is 1. The van der Waals surface area contributed by atoms with E-state index in [1.807, 2.05) is 11.8 Å². The van der Waals surface area contributed by atoms with Crippen LogP contribution in [0.5, 0.6) is 0 Å². The quantitative estimate of drug-likeness (QED) is 0.576. The van der Waals surface area contributed by atoms with Gasteiger partial charge < -0.3 is 15.3 Å². The SMILES string of the molecule is CCNC(=NCC(O)c1ccc(Cl)s1)N1CCN(C(C)C(F)(F)F)CC1. The molecule has 1 saturated heterocycles. The average molecular weight is 413 g/mol. The first kappa shape index (κ1) is 21.3. The lowest BCUT2D eigenvalue weighted by atomic mass is 10.2. The van der Waals surface area contributed by atoms with Gasteiger partial charge in [0.25, 0.3) is 0 Å². The molecule has 1 aliphatic heterocycles. The van der Waals surface area contributed by atoms with Crippen LogP contribution in [0.25, 0.3) is 0 Å². The topological polar surface area (TPSA) is 51.1 Å². The van der Waals surface area contributed by atoms with Crippen LogP contribution in [0.1, 0.15) is 24.8 Å². The van der Waals surface area contributed by atoms with E-state index in [0.29, 0.717) is 43.0 Å². The predicted octanol–water partition coefficient (Wildman–Crippen LogP) is 2.97. The molecule has 1 aliphatic rings. The Bertz CT molecular complexity index is 603. The summed E-state index contributed by atoms with van der Waals surface area (Å²) >= 11 is 7.18. The van der Waals surface area contributed by atoms with E-state index < -0.39 is 18.3 Å². The van der Waals surface area contributed by atoms with Gasteiger partial charge in [-0.1, -0.05) is 11.6 Å². The summed E-state index contributed by atoms with van der Waals surface area (Å²) in [6.07, 6.45) is -4.97. The Kier molecular flexibility index (Phi) is 7.57. The van der Waals surface area contributed by atoms with Crippen molar-refractivity contribution in [3.05, 3.63) is 21.3 Å². The molecule has 26 heavy (non-hydrogen) atoms. The second kappa shape index (κ2) is 9.25. The monoisotopic (exact) mass is 412 g/mol. The van der Waals surface area contributed by atoms with E-state index in [2.05, 4.69) is 10.3 Å². The number of aliphatic imine (C=N–C) groups is 1. The fraction of sp³-hybridized carbons (Fsp3) is 0.688. The highest BCUT2D eigenvalue weighted by atomic mass is 35.5. The van der Waals surface area contributed by atoms with Gasteiger partial charge in [0, 0.05) is 37.6 Å². The van der Waals surface area contributed by atoms with Crippen molar-refractivity contribution in [1.29, 1.82) is 0 Å². The van der Waals surface area contributed by atoms with Crippen LogP contribution in [0.3, 0.4) is 0 Å². The summed E-state index contributed by atoms with van der Waals surface area (Å²) in [6, 6.07) is 2.03. The largest absolute Gasteiger partial charge is 0.403 e. The smallest absolute Gasteiger partial charge is 0.386 e. The number of guanidine groups is 1. The number of rotatable bonds is 5. The maximum atomic E-state index is 12.9. The molecular weight excluding hydrogens is 389 g/mol. The molecule has 2 unspecified atom stereocenters. The summed E-state index contributed by atoms with van der Waals surface area (Å²) in [5.41, 5.74) is 0. The number of hydrogen-bond acceptors (Lipinski definition) is 4. The van der Waals surface area contributed by atoms with Gasteiger partial charge in [-0.25, -0.2) is 0 Å². The van der Waals surface area contributed by atoms with Crippen molar-refractivity contribution in [3.63, 3.8) is 0 Å². The van der Waals surface area contributed by atoms with E-state index in [0.717, 1.165) is 4.88 Å². The van der Waals surface area contributed by atoms with E-state index in [1.165, 1.54) is 23.2 Å². The molecule has 0 aromatic carbocycles. The first-order chi connectivity index (χ1) is 12.2. The molecule has 10 heteroatoms. The summed E-state index contributed by atoms with van der Waals surface area (Å²) in [5.74, 6) is 0.605. The second-order valence-electron chi connectivity index (χ2n) is 6.09. The van der Waals surface area contributed by atoms with Gasteiger partial charge in [0.2, 0.25) is 0 Å². The first-order valence-electron chi connectivity index (χ1n) is 8.49. The van der Waals surface area contributed by atoms with Crippen molar-refractivity contribution in [2.45, 2.75) is 32.2 Å². The zero-order valence-corrected chi connectivity index (χ0v) is 16.3. The van der Waals surface area contributed by atoms with E-state index in [1.54, 1.807) is 12.1 Å². The molecule has 0 amide bonds. The highest BCUT2D eigenvalue weighted by molar-refractivity contribution is 7.16. The number of alkyl halides is 3. The Hall–Kier alpha value is -1.03. The summed E-state index contributed by atoms with van der Waals surface area (Å²) in [7, 11) is 0. The van der Waals surface area contributed by atoms with Gasteiger partial charge in [0.1, 0.15) is 12.1 Å². The third kappa shape index (κ3) is 5.73. The molecule has 0 saturated carbocycles. The Labute approximate surface area is 160 Å². The average Bonchev–Trinajstić information content (AvgIpc) is 3.03. The third-order valence-corrected chi connectivity index (χ3v) is 5.64. The number of halogens is 4. The molecular formula is C16H24ClF3N4OS. The van der Waals surface area contributed by atoms with Crippen molar-refractivity contribution in [2.75, 3.05) is 39.3 Å². The van der Waals surface area contributed by atoms with Crippen molar-refractivity contribution in [1.82, 2.24) is 15.1 Å². The van der Waals surface area contributed by atoms with E-state index >= 15 is 0 Å². The van der Waals surface area contributed by atoms with Crippen LogP contribution in [0.15, 0.2) is 17.1 Å². The maximum absolute atomic E-state index is 12.9. The van der Waals surface area contributed by atoms with Gasteiger partial charge in [-0.2, -0.15) is 13.2 Å². The maximum Gasteiger partial charge on any atom is 0.403 e. The number of aliphatic hydroxyl groups is 1. The molecule has 1 aromatic heterocycles. The van der Waals surface area contributed by atoms with Gasteiger partial charge in [0.15, 0.2) is 5.96 Å². The Morgan fingerprint density at radius 3 is 2.50 bits per heavy atom. The molecule has 1 fully saturated rings. The number of aliphatic hydroxyl groups excluding tert-OH is 1. The van der Waals surface area contributed by atoms with Crippen molar-refractivity contribution in [3.8, 4) is 0 Å². The molecule has 2 heterocycles. The minimum atomic E-state index is -4.22. The fourth-order valence-corrected chi connectivity index (χ4v) is 3.76.